The summed E-state index contributed by atoms with van der Waals surface area (Å²) in [5, 5.41) is 4.01. The molecule has 3 atom stereocenters. The highest BCUT2D eigenvalue weighted by Gasteiger charge is 2.54. The average Bonchev–Trinajstić information content (AvgIpc) is 3.31. The number of amides is 2. The summed E-state index contributed by atoms with van der Waals surface area (Å²) < 4.78 is 20.4. The van der Waals surface area contributed by atoms with Gasteiger partial charge in [-0.15, -0.1) is 23.1 Å². The lowest BCUT2D eigenvalue weighted by atomic mass is 10.0. The van der Waals surface area contributed by atoms with E-state index in [1.807, 2.05) is 6.92 Å². The standard InChI is InChI=1S/C25H32N4O10S2/c1-4-5-14(3)39-25(35)37-7-6-36-23(34)20-15(10-38-18(32)8-13(2)30)11-40-22-19(21(33)29(20)22)28-17(31)9-16-12-41-24(26)27-16/h12,14,19,22H,4-11H2,1-3H3,(H2,26,27)(H,28,31)/t14?,19-,22-/m0/s1. The van der Waals surface area contributed by atoms with Crippen LogP contribution in [0.15, 0.2) is 16.7 Å². The van der Waals surface area contributed by atoms with Gasteiger partial charge in [-0.25, -0.2) is 14.6 Å². The van der Waals surface area contributed by atoms with Crippen molar-refractivity contribution in [1.82, 2.24) is 15.2 Å². The number of ketones is 1. The quantitative estimate of drug-likeness (QED) is 0.101. The number of carbonyl (C=O) groups excluding carboxylic acids is 6. The van der Waals surface area contributed by atoms with E-state index in [2.05, 4.69) is 10.3 Å². The Morgan fingerprint density at radius 3 is 2.59 bits per heavy atom. The number of ether oxygens (including phenoxy) is 4. The lowest BCUT2D eigenvalue weighted by molar-refractivity contribution is -0.153. The summed E-state index contributed by atoms with van der Waals surface area (Å²) in [7, 11) is 0. The van der Waals surface area contributed by atoms with Crippen molar-refractivity contribution in [3.05, 3.63) is 22.3 Å². The van der Waals surface area contributed by atoms with Crippen LogP contribution in [0.25, 0.3) is 0 Å². The number of hydrogen-bond donors (Lipinski definition) is 2. The number of nitrogen functional groups attached to an aromatic ring is 1. The van der Waals surface area contributed by atoms with Crippen LogP contribution in [-0.4, -0.2) is 88.7 Å². The van der Waals surface area contributed by atoms with Crippen LogP contribution < -0.4 is 11.1 Å². The molecule has 2 aliphatic rings. The summed E-state index contributed by atoms with van der Waals surface area (Å²) in [6.07, 6.45) is -0.235. The summed E-state index contributed by atoms with van der Waals surface area (Å²) in [6.45, 7) is 3.96. The van der Waals surface area contributed by atoms with Crippen molar-refractivity contribution < 1.29 is 47.7 Å². The number of esters is 2. The van der Waals surface area contributed by atoms with Crippen LogP contribution in [-0.2, 0) is 49.3 Å². The van der Waals surface area contributed by atoms with Crippen molar-refractivity contribution in [1.29, 1.82) is 0 Å². The largest absolute Gasteiger partial charge is 0.508 e. The summed E-state index contributed by atoms with van der Waals surface area (Å²) >= 11 is 2.45. The number of hydrogen-bond acceptors (Lipinski definition) is 14. The zero-order chi connectivity index (χ0) is 30.1. The van der Waals surface area contributed by atoms with Crippen LogP contribution >= 0.6 is 23.1 Å². The molecule has 0 saturated carbocycles. The predicted molar refractivity (Wildman–Crippen MR) is 146 cm³/mol. The molecule has 41 heavy (non-hydrogen) atoms. The number of fused-ring (bicyclic) bond motifs is 1. The van der Waals surface area contributed by atoms with Crippen LogP contribution in [0.1, 0.15) is 45.7 Å². The van der Waals surface area contributed by atoms with Crippen LogP contribution in [0, 0.1) is 0 Å². The molecular weight excluding hydrogens is 580 g/mol. The van der Waals surface area contributed by atoms with E-state index in [0.717, 1.165) is 6.42 Å². The van der Waals surface area contributed by atoms with Crippen molar-refractivity contribution in [3.63, 3.8) is 0 Å². The fraction of sp³-hybridized carbons (Fsp3) is 0.560. The Morgan fingerprint density at radius 2 is 1.93 bits per heavy atom. The van der Waals surface area contributed by atoms with Gasteiger partial charge in [0.25, 0.3) is 5.91 Å². The first-order chi connectivity index (χ1) is 19.5. The normalized spacial score (nSPS) is 18.5. The van der Waals surface area contributed by atoms with Crippen LogP contribution in [0.5, 0.6) is 0 Å². The second-order valence-electron chi connectivity index (χ2n) is 9.25. The molecule has 1 unspecified atom stereocenters. The molecule has 3 N–H and O–H groups in total. The number of aromatic nitrogens is 1. The first-order valence-electron chi connectivity index (χ1n) is 12.8. The number of carbonyl (C=O) groups is 6. The summed E-state index contributed by atoms with van der Waals surface area (Å²) in [5.74, 6) is -2.89. The van der Waals surface area contributed by atoms with Gasteiger partial charge in [-0.3, -0.25) is 24.1 Å². The molecule has 1 aromatic heterocycles. The van der Waals surface area contributed by atoms with Crippen molar-refractivity contribution in [3.8, 4) is 0 Å². The lowest BCUT2D eigenvalue weighted by Crippen LogP contribution is -2.70. The first kappa shape index (κ1) is 31.9. The van der Waals surface area contributed by atoms with Crippen molar-refractivity contribution in [2.24, 2.45) is 0 Å². The van der Waals surface area contributed by atoms with Crippen molar-refractivity contribution in [2.75, 3.05) is 31.3 Å². The highest BCUT2D eigenvalue weighted by molar-refractivity contribution is 8.00. The van der Waals surface area contributed by atoms with E-state index in [1.165, 1.54) is 34.9 Å². The van der Waals surface area contributed by atoms with E-state index >= 15 is 0 Å². The number of nitrogens with two attached hydrogens (primary N) is 1. The highest BCUT2D eigenvalue weighted by atomic mass is 32.2. The maximum Gasteiger partial charge on any atom is 0.508 e. The van der Waals surface area contributed by atoms with E-state index in [1.54, 1.807) is 12.3 Å². The second kappa shape index (κ2) is 14.8. The van der Waals surface area contributed by atoms with E-state index in [-0.39, 0.29) is 55.2 Å². The average molecular weight is 613 g/mol. The molecular formula is C25H32N4O10S2. The summed E-state index contributed by atoms with van der Waals surface area (Å²) in [5.41, 5.74) is 6.22. The number of thioether (sulfide) groups is 1. The van der Waals surface area contributed by atoms with E-state index in [0.29, 0.717) is 17.2 Å². The monoisotopic (exact) mass is 612 g/mol. The Hall–Kier alpha value is -3.66. The minimum atomic E-state index is -0.906. The van der Waals surface area contributed by atoms with Gasteiger partial charge in [0.1, 0.15) is 55.2 Å². The van der Waals surface area contributed by atoms with Gasteiger partial charge in [-0.05, 0) is 20.3 Å². The Balaban J connectivity index is 1.64. The lowest BCUT2D eigenvalue weighted by Gasteiger charge is -2.49. The van der Waals surface area contributed by atoms with Gasteiger partial charge in [-0.1, -0.05) is 13.3 Å². The van der Waals surface area contributed by atoms with Gasteiger partial charge in [0.15, 0.2) is 5.13 Å². The molecule has 0 radical (unpaired) electrons. The van der Waals surface area contributed by atoms with Gasteiger partial charge >= 0.3 is 18.1 Å². The van der Waals surface area contributed by atoms with Crippen LogP contribution in [0.4, 0.5) is 9.93 Å². The Morgan fingerprint density at radius 1 is 1.20 bits per heavy atom. The number of thiazole rings is 1. The zero-order valence-electron chi connectivity index (χ0n) is 22.8. The minimum Gasteiger partial charge on any atom is -0.461 e. The third-order valence-electron chi connectivity index (χ3n) is 5.80. The van der Waals surface area contributed by atoms with Gasteiger partial charge < -0.3 is 30.0 Å². The van der Waals surface area contributed by atoms with Gasteiger partial charge in [-0.2, -0.15) is 0 Å². The molecule has 14 nitrogen and oxygen atoms in total. The number of Topliss-reactive ketones (excluding diaryl/α,β-unsaturated/α-hetero) is 1. The molecule has 0 aromatic carbocycles. The van der Waals surface area contributed by atoms with Gasteiger partial charge in [0, 0.05) is 16.7 Å². The molecule has 0 spiro atoms. The van der Waals surface area contributed by atoms with Crippen LogP contribution in [0.3, 0.4) is 0 Å². The number of nitrogens with one attached hydrogen (secondary N) is 1. The second-order valence-corrected chi connectivity index (χ2v) is 11.2. The number of anilines is 1. The van der Waals surface area contributed by atoms with Gasteiger partial charge in [0.05, 0.1) is 12.1 Å². The Labute approximate surface area is 244 Å². The maximum absolute atomic E-state index is 13.1. The van der Waals surface area contributed by atoms with Crippen molar-refractivity contribution >= 4 is 63.9 Å². The Kier molecular flexibility index (Phi) is 11.5. The smallest absolute Gasteiger partial charge is 0.461 e. The summed E-state index contributed by atoms with van der Waals surface area (Å²) in [4.78, 5) is 78.8. The van der Waals surface area contributed by atoms with E-state index in [4.69, 9.17) is 24.7 Å². The molecule has 2 aliphatic heterocycles. The zero-order valence-corrected chi connectivity index (χ0v) is 24.5. The fourth-order valence-corrected chi connectivity index (χ4v) is 5.88. The molecule has 1 saturated heterocycles. The van der Waals surface area contributed by atoms with E-state index < -0.39 is 47.7 Å². The minimum absolute atomic E-state index is 0.0728. The summed E-state index contributed by atoms with van der Waals surface area (Å²) in [6, 6.07) is -0.906. The highest BCUT2D eigenvalue weighted by Crippen LogP contribution is 2.40. The predicted octanol–water partition coefficient (Wildman–Crippen LogP) is 1.33. The molecule has 1 fully saturated rings. The molecule has 224 valence electrons. The first-order valence-corrected chi connectivity index (χ1v) is 14.7. The third kappa shape index (κ3) is 8.91. The Bertz CT molecular complexity index is 1220. The molecule has 0 bridgehead atoms. The van der Waals surface area contributed by atoms with E-state index in [9.17, 15) is 28.8 Å². The van der Waals surface area contributed by atoms with Crippen LogP contribution in [0.2, 0.25) is 0 Å². The third-order valence-corrected chi connectivity index (χ3v) is 7.86. The number of rotatable bonds is 14. The SMILES string of the molecule is CCCC(C)OC(=O)OCCOC(=O)C1=C(COC(=O)CC(C)=O)CS[C@H]2[C@@H](NC(=O)Cc3csc(N)n3)C(=O)N12. The molecule has 3 heterocycles. The number of nitrogens with zero attached hydrogens (tertiary/aromatic N) is 2. The molecule has 2 amide bonds. The molecule has 3 rings (SSSR count). The number of β-lactam (4-membered cyclic amide) rings is 1. The van der Waals surface area contributed by atoms with Gasteiger partial charge in [0.2, 0.25) is 5.91 Å². The molecule has 16 heteroatoms. The topological polar surface area (TPSA) is 194 Å². The van der Waals surface area contributed by atoms with Crippen molar-refractivity contribution in [2.45, 2.75) is 64.0 Å². The molecule has 1 aromatic rings. The fourth-order valence-electron chi connectivity index (χ4n) is 3.99. The maximum atomic E-state index is 13.1. The molecule has 0 aliphatic carbocycles.